The molecule has 0 aliphatic carbocycles. The van der Waals surface area contributed by atoms with Crippen molar-refractivity contribution in [2.45, 2.75) is 12.5 Å². The molecule has 1 aromatic rings. The summed E-state index contributed by atoms with van der Waals surface area (Å²) >= 11 is 5.95. The van der Waals surface area contributed by atoms with E-state index in [0.717, 1.165) is 12.0 Å². The van der Waals surface area contributed by atoms with Crippen LogP contribution < -0.4 is 5.32 Å². The highest BCUT2D eigenvalue weighted by Crippen LogP contribution is 2.20. The van der Waals surface area contributed by atoms with E-state index in [9.17, 15) is 4.79 Å². The number of amides is 1. The highest BCUT2D eigenvalue weighted by atomic mass is 35.5. The summed E-state index contributed by atoms with van der Waals surface area (Å²) in [7, 11) is 1.62. The SMILES string of the molecule is CO[C@H](CNC(=O)[C@@H]1CCOC1)c1cccc(Cl)c1. The number of rotatable bonds is 5. The molecule has 1 amide bonds. The van der Waals surface area contributed by atoms with E-state index in [2.05, 4.69) is 5.32 Å². The van der Waals surface area contributed by atoms with Crippen molar-refractivity contribution in [3.05, 3.63) is 34.9 Å². The number of benzene rings is 1. The van der Waals surface area contributed by atoms with Gasteiger partial charge in [0, 0.05) is 25.3 Å². The molecule has 1 N–H and O–H groups in total. The molecular formula is C14H18ClNO3. The topological polar surface area (TPSA) is 47.6 Å². The molecule has 0 spiro atoms. The van der Waals surface area contributed by atoms with Crippen LogP contribution in [0.4, 0.5) is 0 Å². The van der Waals surface area contributed by atoms with E-state index >= 15 is 0 Å². The predicted octanol–water partition coefficient (Wildman–Crippen LogP) is 2.18. The van der Waals surface area contributed by atoms with Gasteiger partial charge in [-0.1, -0.05) is 23.7 Å². The third-order valence-corrected chi connectivity index (χ3v) is 3.50. The van der Waals surface area contributed by atoms with Gasteiger partial charge in [0.15, 0.2) is 0 Å². The highest BCUT2D eigenvalue weighted by molar-refractivity contribution is 6.30. The lowest BCUT2D eigenvalue weighted by Gasteiger charge is -2.18. The second kappa shape index (κ2) is 6.89. The summed E-state index contributed by atoms with van der Waals surface area (Å²) in [5, 5.41) is 3.57. The van der Waals surface area contributed by atoms with Gasteiger partial charge in [-0.3, -0.25) is 4.79 Å². The molecule has 0 bridgehead atoms. The standard InChI is InChI=1S/C14H18ClNO3/c1-18-13(10-3-2-4-12(15)7-10)8-16-14(17)11-5-6-19-9-11/h2-4,7,11,13H,5-6,8-9H2,1H3,(H,16,17)/t11-,13-/m1/s1. The summed E-state index contributed by atoms with van der Waals surface area (Å²) in [5.74, 6) is -0.00144. The number of hydrogen-bond acceptors (Lipinski definition) is 3. The van der Waals surface area contributed by atoms with E-state index in [4.69, 9.17) is 21.1 Å². The molecule has 5 heteroatoms. The zero-order valence-corrected chi connectivity index (χ0v) is 11.7. The molecule has 1 fully saturated rings. The van der Waals surface area contributed by atoms with Crippen molar-refractivity contribution in [2.24, 2.45) is 5.92 Å². The van der Waals surface area contributed by atoms with E-state index in [0.29, 0.717) is 24.8 Å². The van der Waals surface area contributed by atoms with Gasteiger partial charge in [0.25, 0.3) is 0 Å². The van der Waals surface area contributed by atoms with Crippen molar-refractivity contribution in [1.82, 2.24) is 5.32 Å². The lowest BCUT2D eigenvalue weighted by Crippen LogP contribution is -2.34. The van der Waals surface area contributed by atoms with Crippen molar-refractivity contribution in [3.63, 3.8) is 0 Å². The minimum atomic E-state index is -0.190. The number of carbonyl (C=O) groups is 1. The maximum Gasteiger partial charge on any atom is 0.225 e. The van der Waals surface area contributed by atoms with Gasteiger partial charge in [0.2, 0.25) is 5.91 Å². The second-order valence-electron chi connectivity index (χ2n) is 4.59. The molecule has 1 heterocycles. The third kappa shape index (κ3) is 3.93. The Hall–Kier alpha value is -1.10. The van der Waals surface area contributed by atoms with Gasteiger partial charge in [0.05, 0.1) is 18.6 Å². The van der Waals surface area contributed by atoms with Crippen LogP contribution in [0.3, 0.4) is 0 Å². The van der Waals surface area contributed by atoms with Gasteiger partial charge in [-0.25, -0.2) is 0 Å². The Kier molecular flexibility index (Phi) is 5.19. The van der Waals surface area contributed by atoms with Gasteiger partial charge < -0.3 is 14.8 Å². The Bertz CT molecular complexity index is 432. The van der Waals surface area contributed by atoms with E-state index in [1.807, 2.05) is 24.3 Å². The number of halogens is 1. The smallest absolute Gasteiger partial charge is 0.225 e. The van der Waals surface area contributed by atoms with Crippen LogP contribution in [0.5, 0.6) is 0 Å². The number of carbonyl (C=O) groups excluding carboxylic acids is 1. The van der Waals surface area contributed by atoms with Crippen LogP contribution in [0.1, 0.15) is 18.1 Å². The van der Waals surface area contributed by atoms with Crippen LogP contribution in [-0.4, -0.2) is 32.8 Å². The maximum atomic E-state index is 11.9. The minimum Gasteiger partial charge on any atom is -0.381 e. The van der Waals surface area contributed by atoms with Gasteiger partial charge in [0.1, 0.15) is 0 Å². The number of methoxy groups -OCH3 is 1. The van der Waals surface area contributed by atoms with Gasteiger partial charge in [-0.15, -0.1) is 0 Å². The quantitative estimate of drug-likeness (QED) is 0.901. The molecule has 1 aliphatic heterocycles. The molecular weight excluding hydrogens is 266 g/mol. The van der Waals surface area contributed by atoms with E-state index in [1.165, 1.54) is 0 Å². The zero-order valence-electron chi connectivity index (χ0n) is 10.9. The summed E-state index contributed by atoms with van der Waals surface area (Å²) in [6.45, 7) is 1.62. The molecule has 0 radical (unpaired) electrons. The lowest BCUT2D eigenvalue weighted by molar-refractivity contribution is -0.125. The molecule has 0 unspecified atom stereocenters. The second-order valence-corrected chi connectivity index (χ2v) is 5.02. The summed E-state index contributed by atoms with van der Waals surface area (Å²) in [5.41, 5.74) is 0.956. The summed E-state index contributed by atoms with van der Waals surface area (Å²) in [6, 6.07) is 7.47. The molecule has 2 atom stereocenters. The molecule has 19 heavy (non-hydrogen) atoms. The van der Waals surface area contributed by atoms with E-state index < -0.39 is 0 Å². The van der Waals surface area contributed by atoms with Crippen molar-refractivity contribution in [1.29, 1.82) is 0 Å². The van der Waals surface area contributed by atoms with Crippen molar-refractivity contribution in [2.75, 3.05) is 26.9 Å². The summed E-state index contributed by atoms with van der Waals surface area (Å²) in [6.07, 6.45) is 0.602. The molecule has 1 saturated heterocycles. The fourth-order valence-electron chi connectivity index (χ4n) is 2.12. The van der Waals surface area contributed by atoms with Gasteiger partial charge in [-0.2, -0.15) is 0 Å². The first kappa shape index (κ1) is 14.3. The molecule has 104 valence electrons. The van der Waals surface area contributed by atoms with Crippen LogP contribution in [-0.2, 0) is 14.3 Å². The molecule has 4 nitrogen and oxygen atoms in total. The molecule has 1 aliphatic rings. The first-order valence-electron chi connectivity index (χ1n) is 6.34. The molecule has 1 aromatic carbocycles. The number of hydrogen-bond donors (Lipinski definition) is 1. The van der Waals surface area contributed by atoms with Crippen LogP contribution in [0.15, 0.2) is 24.3 Å². The first-order valence-corrected chi connectivity index (χ1v) is 6.72. The monoisotopic (exact) mass is 283 g/mol. The fourth-order valence-corrected chi connectivity index (χ4v) is 2.32. The predicted molar refractivity (Wildman–Crippen MR) is 73.1 cm³/mol. The lowest BCUT2D eigenvalue weighted by atomic mass is 10.1. The van der Waals surface area contributed by atoms with Gasteiger partial charge in [-0.05, 0) is 24.1 Å². The zero-order chi connectivity index (χ0) is 13.7. The largest absolute Gasteiger partial charge is 0.381 e. The highest BCUT2D eigenvalue weighted by Gasteiger charge is 2.24. The average Bonchev–Trinajstić information content (AvgIpc) is 2.93. The van der Waals surface area contributed by atoms with E-state index in [-0.39, 0.29) is 17.9 Å². The number of ether oxygens (including phenoxy) is 2. The normalized spacial score (nSPS) is 20.2. The Labute approximate surface area is 118 Å². The Morgan fingerprint density at radius 2 is 2.47 bits per heavy atom. The van der Waals surface area contributed by atoms with E-state index in [1.54, 1.807) is 7.11 Å². The Balaban J connectivity index is 1.90. The van der Waals surface area contributed by atoms with Crippen LogP contribution in [0, 0.1) is 5.92 Å². The van der Waals surface area contributed by atoms with Gasteiger partial charge >= 0.3 is 0 Å². The molecule has 0 aromatic heterocycles. The number of nitrogens with one attached hydrogen (secondary N) is 1. The summed E-state index contributed by atoms with van der Waals surface area (Å²) in [4.78, 5) is 11.9. The maximum absolute atomic E-state index is 11.9. The Morgan fingerprint density at radius 1 is 1.63 bits per heavy atom. The average molecular weight is 284 g/mol. The Morgan fingerprint density at radius 3 is 3.11 bits per heavy atom. The molecule has 2 rings (SSSR count). The summed E-state index contributed by atoms with van der Waals surface area (Å²) < 4.78 is 10.6. The van der Waals surface area contributed by atoms with Crippen molar-refractivity contribution >= 4 is 17.5 Å². The third-order valence-electron chi connectivity index (χ3n) is 3.27. The molecule has 0 saturated carbocycles. The fraction of sp³-hybridized carbons (Fsp3) is 0.500. The van der Waals surface area contributed by atoms with Crippen LogP contribution in [0.25, 0.3) is 0 Å². The van der Waals surface area contributed by atoms with Crippen molar-refractivity contribution < 1.29 is 14.3 Å². The first-order chi connectivity index (χ1) is 9.20. The van der Waals surface area contributed by atoms with Crippen molar-refractivity contribution in [3.8, 4) is 0 Å². The van der Waals surface area contributed by atoms with Crippen LogP contribution in [0.2, 0.25) is 5.02 Å². The van der Waals surface area contributed by atoms with Crippen LogP contribution >= 0.6 is 11.6 Å². The minimum absolute atomic E-state index is 0.0292.